The van der Waals surface area contributed by atoms with Crippen LogP contribution in [0.15, 0.2) is 6.20 Å². The van der Waals surface area contributed by atoms with Crippen LogP contribution in [0.1, 0.15) is 55.3 Å². The van der Waals surface area contributed by atoms with E-state index in [4.69, 9.17) is 16.7 Å². The summed E-state index contributed by atoms with van der Waals surface area (Å²) in [6, 6.07) is 0.102. The number of halogens is 1. The summed E-state index contributed by atoms with van der Waals surface area (Å²) in [6.07, 6.45) is 3.14. The van der Waals surface area contributed by atoms with Crippen LogP contribution >= 0.6 is 11.6 Å². The Morgan fingerprint density at radius 2 is 2.14 bits per heavy atom. The van der Waals surface area contributed by atoms with Crippen LogP contribution in [0.5, 0.6) is 0 Å². The van der Waals surface area contributed by atoms with Gasteiger partial charge in [0, 0.05) is 18.5 Å². The van der Waals surface area contributed by atoms with Crippen LogP contribution in [-0.2, 0) is 4.79 Å². The third-order valence-electron chi connectivity index (χ3n) is 3.30. The molecule has 1 heterocycles. The van der Waals surface area contributed by atoms with Crippen molar-refractivity contribution >= 4 is 23.5 Å². The van der Waals surface area contributed by atoms with Crippen molar-refractivity contribution in [1.29, 1.82) is 0 Å². The Labute approximate surface area is 128 Å². The van der Waals surface area contributed by atoms with Crippen molar-refractivity contribution in [3.05, 3.63) is 22.7 Å². The van der Waals surface area contributed by atoms with Crippen LogP contribution in [0, 0.1) is 0 Å². The summed E-state index contributed by atoms with van der Waals surface area (Å²) in [4.78, 5) is 33.2. The standard InChI is InChI=1S/C14H18ClN3O3/c1-8(2)13-16-7-10(15)12(17-13)14(21)18(9-3-4-9)6-5-11(19)20/h7-9H,3-6H2,1-2H3,(H,19,20). The molecule has 0 aromatic carbocycles. The fourth-order valence-electron chi connectivity index (χ4n) is 2.00. The minimum absolute atomic E-state index is 0.0814. The van der Waals surface area contributed by atoms with Gasteiger partial charge in [-0.2, -0.15) is 0 Å². The van der Waals surface area contributed by atoms with E-state index >= 15 is 0 Å². The molecule has 0 saturated heterocycles. The predicted molar refractivity (Wildman–Crippen MR) is 77.4 cm³/mol. The number of carboxylic acids is 1. The van der Waals surface area contributed by atoms with Crippen molar-refractivity contribution in [1.82, 2.24) is 14.9 Å². The minimum atomic E-state index is -0.926. The fraction of sp³-hybridized carbons (Fsp3) is 0.571. The van der Waals surface area contributed by atoms with Crippen LogP contribution in [0.25, 0.3) is 0 Å². The molecule has 1 amide bonds. The van der Waals surface area contributed by atoms with Gasteiger partial charge in [0.2, 0.25) is 0 Å². The van der Waals surface area contributed by atoms with Crippen molar-refractivity contribution < 1.29 is 14.7 Å². The van der Waals surface area contributed by atoms with Gasteiger partial charge in [0.15, 0.2) is 5.69 Å². The molecule has 1 aliphatic carbocycles. The minimum Gasteiger partial charge on any atom is -0.481 e. The summed E-state index contributed by atoms with van der Waals surface area (Å²) in [5, 5.41) is 9.00. The SMILES string of the molecule is CC(C)c1ncc(Cl)c(C(=O)N(CCC(=O)O)C2CC2)n1. The normalized spacial score (nSPS) is 14.3. The van der Waals surface area contributed by atoms with Gasteiger partial charge >= 0.3 is 5.97 Å². The first-order valence-corrected chi connectivity index (χ1v) is 7.33. The molecule has 1 saturated carbocycles. The first-order valence-electron chi connectivity index (χ1n) is 6.95. The molecule has 0 atom stereocenters. The molecule has 2 rings (SSSR count). The number of carbonyl (C=O) groups excluding carboxylic acids is 1. The van der Waals surface area contributed by atoms with Gasteiger partial charge in [-0.25, -0.2) is 9.97 Å². The molecular weight excluding hydrogens is 294 g/mol. The third kappa shape index (κ3) is 3.91. The van der Waals surface area contributed by atoms with Crippen molar-refractivity contribution in [3.8, 4) is 0 Å². The molecule has 1 aromatic rings. The van der Waals surface area contributed by atoms with Crippen LogP contribution in [0.3, 0.4) is 0 Å². The van der Waals surface area contributed by atoms with E-state index in [1.807, 2.05) is 13.8 Å². The maximum Gasteiger partial charge on any atom is 0.305 e. The Balaban J connectivity index is 2.23. The Morgan fingerprint density at radius 3 is 2.67 bits per heavy atom. The molecule has 7 heteroatoms. The Kier molecular flexibility index (Phi) is 4.77. The number of hydrogen-bond donors (Lipinski definition) is 1. The number of hydrogen-bond acceptors (Lipinski definition) is 4. The highest BCUT2D eigenvalue weighted by Gasteiger charge is 2.34. The number of aliphatic carboxylic acids is 1. The highest BCUT2D eigenvalue weighted by molar-refractivity contribution is 6.33. The molecule has 0 spiro atoms. The number of carbonyl (C=O) groups is 2. The van der Waals surface area contributed by atoms with E-state index < -0.39 is 5.97 Å². The van der Waals surface area contributed by atoms with Crippen molar-refractivity contribution in [2.75, 3.05) is 6.54 Å². The largest absolute Gasteiger partial charge is 0.481 e. The Morgan fingerprint density at radius 1 is 1.48 bits per heavy atom. The maximum atomic E-state index is 12.6. The second kappa shape index (κ2) is 6.39. The molecule has 114 valence electrons. The first kappa shape index (κ1) is 15.7. The molecule has 1 fully saturated rings. The summed E-state index contributed by atoms with van der Waals surface area (Å²) in [6.45, 7) is 4.04. The molecule has 6 nitrogen and oxygen atoms in total. The first-order chi connectivity index (χ1) is 9.90. The number of rotatable bonds is 6. The van der Waals surface area contributed by atoms with Crippen LogP contribution < -0.4 is 0 Å². The van der Waals surface area contributed by atoms with E-state index in [0.29, 0.717) is 5.82 Å². The molecule has 0 radical (unpaired) electrons. The van der Waals surface area contributed by atoms with E-state index in [-0.39, 0.29) is 41.5 Å². The summed E-state index contributed by atoms with van der Waals surface area (Å²) < 4.78 is 0. The zero-order chi connectivity index (χ0) is 15.6. The van der Waals surface area contributed by atoms with E-state index in [0.717, 1.165) is 12.8 Å². The van der Waals surface area contributed by atoms with Gasteiger partial charge in [0.1, 0.15) is 5.82 Å². The zero-order valence-corrected chi connectivity index (χ0v) is 12.8. The monoisotopic (exact) mass is 311 g/mol. The van der Waals surface area contributed by atoms with E-state index in [1.165, 1.54) is 6.20 Å². The molecule has 21 heavy (non-hydrogen) atoms. The summed E-state index contributed by atoms with van der Waals surface area (Å²) in [5.41, 5.74) is 0.160. The number of nitrogens with zero attached hydrogens (tertiary/aromatic N) is 3. The average molecular weight is 312 g/mol. The van der Waals surface area contributed by atoms with Gasteiger partial charge < -0.3 is 10.0 Å². The lowest BCUT2D eigenvalue weighted by atomic mass is 10.2. The lowest BCUT2D eigenvalue weighted by Crippen LogP contribution is -2.36. The Bertz CT molecular complexity index is 558. The van der Waals surface area contributed by atoms with Gasteiger partial charge in [-0.15, -0.1) is 0 Å². The predicted octanol–water partition coefficient (Wildman–Crippen LogP) is 2.33. The van der Waals surface area contributed by atoms with Crippen molar-refractivity contribution in [3.63, 3.8) is 0 Å². The van der Waals surface area contributed by atoms with Gasteiger partial charge in [-0.3, -0.25) is 9.59 Å². The Hall–Kier alpha value is -1.69. The van der Waals surface area contributed by atoms with Gasteiger partial charge in [0.05, 0.1) is 17.6 Å². The molecule has 1 aromatic heterocycles. The molecular formula is C14H18ClN3O3. The number of aromatic nitrogens is 2. The number of carboxylic acid groups (broad SMARTS) is 1. The summed E-state index contributed by atoms with van der Waals surface area (Å²) in [5.74, 6) is -0.600. The van der Waals surface area contributed by atoms with Crippen LogP contribution in [0.2, 0.25) is 5.02 Å². The second-order valence-corrected chi connectivity index (χ2v) is 5.86. The highest BCUT2D eigenvalue weighted by atomic mass is 35.5. The summed E-state index contributed by atoms with van der Waals surface area (Å²) >= 11 is 6.04. The molecule has 0 aliphatic heterocycles. The van der Waals surface area contributed by atoms with Crippen LogP contribution in [-0.4, -0.2) is 44.4 Å². The lowest BCUT2D eigenvalue weighted by Gasteiger charge is -2.22. The average Bonchev–Trinajstić information content (AvgIpc) is 3.23. The van der Waals surface area contributed by atoms with Gasteiger partial charge in [-0.05, 0) is 12.8 Å². The molecule has 1 aliphatic rings. The third-order valence-corrected chi connectivity index (χ3v) is 3.57. The van der Waals surface area contributed by atoms with Crippen molar-refractivity contribution in [2.24, 2.45) is 0 Å². The fourth-order valence-corrected chi connectivity index (χ4v) is 2.17. The van der Waals surface area contributed by atoms with Gasteiger partial charge in [-0.1, -0.05) is 25.4 Å². The number of amides is 1. The van der Waals surface area contributed by atoms with Crippen molar-refractivity contribution in [2.45, 2.75) is 45.1 Å². The van der Waals surface area contributed by atoms with E-state index in [1.54, 1.807) is 4.90 Å². The van der Waals surface area contributed by atoms with Crippen LogP contribution in [0.4, 0.5) is 0 Å². The van der Waals surface area contributed by atoms with Gasteiger partial charge in [0.25, 0.3) is 5.91 Å². The smallest absolute Gasteiger partial charge is 0.305 e. The topological polar surface area (TPSA) is 83.4 Å². The molecule has 0 unspecified atom stereocenters. The highest BCUT2D eigenvalue weighted by Crippen LogP contribution is 2.29. The zero-order valence-electron chi connectivity index (χ0n) is 12.0. The molecule has 1 N–H and O–H groups in total. The molecule has 0 bridgehead atoms. The van der Waals surface area contributed by atoms with E-state index in [2.05, 4.69) is 9.97 Å². The summed E-state index contributed by atoms with van der Waals surface area (Å²) in [7, 11) is 0. The quantitative estimate of drug-likeness (QED) is 0.871. The lowest BCUT2D eigenvalue weighted by molar-refractivity contribution is -0.137. The maximum absolute atomic E-state index is 12.6. The second-order valence-electron chi connectivity index (χ2n) is 5.45. The van der Waals surface area contributed by atoms with E-state index in [9.17, 15) is 9.59 Å².